The maximum atomic E-state index is 14.6. The van der Waals surface area contributed by atoms with Gasteiger partial charge in [0.2, 0.25) is 0 Å². The molecule has 4 aromatic rings. The number of halogens is 8. The summed E-state index contributed by atoms with van der Waals surface area (Å²) < 4.78 is 105. The van der Waals surface area contributed by atoms with E-state index in [1.165, 1.54) is 49.5 Å². The third-order valence-corrected chi connectivity index (χ3v) is 10.8. The third kappa shape index (κ3) is 10.3. The number of anilines is 4. The number of nitrogens with one attached hydrogen (secondary N) is 4. The van der Waals surface area contributed by atoms with Gasteiger partial charge >= 0.3 is 12.4 Å². The molecule has 7 rings (SSSR count). The van der Waals surface area contributed by atoms with Crippen molar-refractivity contribution < 1.29 is 49.5 Å². The molecule has 6 N–H and O–H groups in total. The second kappa shape index (κ2) is 19.6. The zero-order valence-corrected chi connectivity index (χ0v) is 34.3. The van der Waals surface area contributed by atoms with Gasteiger partial charge in [0, 0.05) is 31.7 Å². The Kier molecular flexibility index (Phi) is 15.2. The first-order valence-corrected chi connectivity index (χ1v) is 19.2. The number of carbonyl (C=O) groups excluding carboxylic acids is 3. The number of carbonyl (C=O) groups is 3. The summed E-state index contributed by atoms with van der Waals surface area (Å²) in [5.41, 5.74) is 1.51. The van der Waals surface area contributed by atoms with E-state index in [0.717, 1.165) is 42.6 Å². The van der Waals surface area contributed by atoms with E-state index < -0.39 is 70.0 Å². The zero-order chi connectivity index (χ0) is 47.4. The van der Waals surface area contributed by atoms with Crippen LogP contribution in [0.3, 0.4) is 0 Å². The molecule has 1 aliphatic heterocycles. The van der Waals surface area contributed by atoms with Crippen molar-refractivity contribution in [3.05, 3.63) is 118 Å². The van der Waals surface area contributed by atoms with Gasteiger partial charge in [-0.2, -0.15) is 26.3 Å². The van der Waals surface area contributed by atoms with Crippen molar-refractivity contribution >= 4 is 75.7 Å². The second-order valence-electron chi connectivity index (χ2n) is 14.4. The van der Waals surface area contributed by atoms with Gasteiger partial charge in [-0.25, -0.2) is 8.78 Å². The van der Waals surface area contributed by atoms with Crippen LogP contribution in [0.4, 0.5) is 69.5 Å². The van der Waals surface area contributed by atoms with Gasteiger partial charge in [-0.05, 0) is 99.3 Å². The Bertz CT molecular complexity index is 2600. The van der Waals surface area contributed by atoms with Gasteiger partial charge in [-0.3, -0.25) is 19.3 Å². The Balaban J connectivity index is 0.000000242. The zero-order valence-electron chi connectivity index (χ0n) is 33.5. The lowest BCUT2D eigenvalue weighted by Gasteiger charge is -2.43. The molecule has 0 atom stereocenters. The number of hydrogen-bond acceptors (Lipinski definition) is 9. The van der Waals surface area contributed by atoms with Crippen molar-refractivity contribution in [1.29, 1.82) is 5.41 Å². The average molecular weight is 930 g/mol. The maximum absolute atomic E-state index is 14.6. The highest BCUT2D eigenvalue weighted by Gasteiger charge is 2.60. The van der Waals surface area contributed by atoms with E-state index in [1.807, 2.05) is 0 Å². The predicted molar refractivity (Wildman–Crippen MR) is 230 cm³/mol. The third-order valence-electron chi connectivity index (χ3n) is 10.5. The summed E-state index contributed by atoms with van der Waals surface area (Å²) in [5, 5.41) is 15.1. The smallest absolute Gasteiger partial charge is 0.396 e. The van der Waals surface area contributed by atoms with Crippen molar-refractivity contribution in [3.8, 4) is 0 Å². The normalized spacial score (nSPS) is 15.5. The van der Waals surface area contributed by atoms with Crippen LogP contribution in [0.5, 0.6) is 0 Å². The molecule has 23 heteroatoms. The highest BCUT2D eigenvalue weighted by molar-refractivity contribution is 7.81. The Labute approximate surface area is 372 Å². The lowest BCUT2D eigenvalue weighted by Crippen LogP contribution is -2.55. The van der Waals surface area contributed by atoms with Crippen molar-refractivity contribution in [3.63, 3.8) is 0 Å². The van der Waals surface area contributed by atoms with E-state index in [9.17, 15) is 49.5 Å². The molecule has 2 aliphatic carbocycles. The van der Waals surface area contributed by atoms with Crippen molar-refractivity contribution in [1.82, 2.24) is 20.6 Å². The minimum Gasteiger partial charge on any atom is -0.396 e. The number of alkyl halides is 6. The average Bonchev–Trinajstić information content (AvgIpc) is 3.47. The topological polar surface area (TPSA) is 178 Å². The number of pyridine rings is 2. The maximum Gasteiger partial charge on any atom is 0.409 e. The molecule has 3 aliphatic rings. The lowest BCUT2D eigenvalue weighted by atomic mass is 9.75. The molecular weight excluding hydrogens is 891 g/mol. The summed E-state index contributed by atoms with van der Waals surface area (Å²) in [6.45, 7) is 13.4. The van der Waals surface area contributed by atoms with Gasteiger partial charge in [0.1, 0.15) is 29.6 Å². The highest BCUT2D eigenvalue weighted by atomic mass is 32.1. The molecule has 14 nitrogen and oxygen atoms in total. The summed E-state index contributed by atoms with van der Waals surface area (Å²) in [6, 6.07) is 9.52. The molecule has 0 unspecified atom stereocenters. The molecule has 2 aromatic heterocycles. The highest BCUT2D eigenvalue weighted by Crippen LogP contribution is 2.49. The Morgan fingerprint density at radius 3 is 1.75 bits per heavy atom. The summed E-state index contributed by atoms with van der Waals surface area (Å²) in [5.74, 6) is -4.54. The van der Waals surface area contributed by atoms with E-state index >= 15 is 0 Å². The van der Waals surface area contributed by atoms with Gasteiger partial charge in [0.15, 0.2) is 5.11 Å². The van der Waals surface area contributed by atoms with Crippen LogP contribution in [0.25, 0.3) is 9.69 Å². The van der Waals surface area contributed by atoms with Crippen LogP contribution in [0.15, 0.2) is 60.9 Å². The molecular formula is C42H39F8N11O3S. The summed E-state index contributed by atoms with van der Waals surface area (Å²) >= 11 is 5.46. The molecule has 3 amide bonds. The molecule has 65 heavy (non-hydrogen) atoms. The van der Waals surface area contributed by atoms with E-state index in [2.05, 4.69) is 35.6 Å². The number of nitrogens with zero attached hydrogens (tertiary/aromatic N) is 6. The summed E-state index contributed by atoms with van der Waals surface area (Å²) in [7, 11) is 2.82. The monoisotopic (exact) mass is 929 g/mol. The van der Waals surface area contributed by atoms with E-state index in [-0.39, 0.29) is 46.3 Å². The number of aromatic nitrogens is 2. The van der Waals surface area contributed by atoms with Crippen LogP contribution in [-0.4, -0.2) is 64.2 Å². The van der Waals surface area contributed by atoms with E-state index in [4.69, 9.17) is 36.5 Å². The van der Waals surface area contributed by atoms with E-state index in [1.54, 1.807) is 6.07 Å². The van der Waals surface area contributed by atoms with Gasteiger partial charge in [0.25, 0.3) is 29.4 Å². The minimum absolute atomic E-state index is 0. The minimum atomic E-state index is -4.86. The number of rotatable bonds is 7. The number of amides is 3. The number of nitrogens with two attached hydrogens (primary N) is 1. The van der Waals surface area contributed by atoms with Crippen LogP contribution in [-0.2, 0) is 17.1 Å². The molecule has 342 valence electrons. The Hall–Kier alpha value is -7.27. The molecule has 0 radical (unpaired) electrons. The fourth-order valence-electron chi connectivity index (χ4n) is 6.87. The molecule has 1 saturated heterocycles. The Morgan fingerprint density at radius 2 is 1.32 bits per heavy atom. The standard InChI is InChI=1S/C21H15F4N5O2S.C13H16FN3O.C7H4F3N3.CH4/c1-26-16-14(21(23,24)25)8-12(10-28-16)29-18(32)20(6-3-7-20)30(19(29)33)11-4-5-13(15(22)9-11)17(31)27-2;1-16-12(18)10-4-3-9(7-11(10)14)17-13(8-15)5-2-6-13;1-12-6-5(7(8,9)10)2-4(11)3-13-6;/h4-5,8-10H,3,6-7H2,2H3,(H,27,31);3-4,7-8,15,17H,2,5-6H2,1H3,(H,16,18);2-3H,11H2;1H4. The quantitative estimate of drug-likeness (QED) is 0.0523. The van der Waals surface area contributed by atoms with Crippen molar-refractivity contribution in [2.45, 2.75) is 69.4 Å². The first-order valence-electron chi connectivity index (χ1n) is 18.8. The first-order chi connectivity index (χ1) is 30.1. The number of benzene rings is 2. The van der Waals surface area contributed by atoms with Gasteiger partial charge in [0.05, 0.1) is 39.2 Å². The van der Waals surface area contributed by atoms with Gasteiger partial charge < -0.3 is 41.7 Å². The first kappa shape index (κ1) is 50.4. The van der Waals surface area contributed by atoms with Crippen LogP contribution in [0, 0.1) is 30.2 Å². The molecule has 1 spiro atoms. The van der Waals surface area contributed by atoms with Crippen LogP contribution in [0.2, 0.25) is 0 Å². The van der Waals surface area contributed by atoms with Crippen molar-refractivity contribution in [2.24, 2.45) is 0 Å². The molecule has 2 saturated carbocycles. The second-order valence-corrected chi connectivity index (χ2v) is 14.7. The number of hydrogen-bond donors (Lipinski definition) is 5. The Morgan fingerprint density at radius 1 is 0.815 bits per heavy atom. The largest absolute Gasteiger partial charge is 0.409 e. The number of nitrogen functional groups attached to an aromatic ring is 1. The SMILES string of the molecule is C.CNC(=O)c1ccc(NC2(C=N)CCC2)cc1F.[C-]#[N+]c1ncc(N)cc1C(F)(F)F.[C-]#[N+]c1ncc(N2C(=O)C3(CCC3)N(c3ccc(C(=O)NC)c(F)c3)C2=S)cc1C(F)(F)F. The molecule has 3 fully saturated rings. The summed E-state index contributed by atoms with van der Waals surface area (Å²) in [4.78, 5) is 51.2. The number of thiocarbonyl (C=S) groups is 1. The molecule has 3 heterocycles. The predicted octanol–water partition coefficient (Wildman–Crippen LogP) is 9.25. The van der Waals surface area contributed by atoms with Crippen LogP contribution < -0.4 is 31.5 Å². The van der Waals surface area contributed by atoms with Gasteiger partial charge in [-0.1, -0.05) is 20.6 Å². The summed E-state index contributed by atoms with van der Waals surface area (Å²) in [6.07, 6.45) is -1.84. The fraction of sp³-hybridized carbons (Fsp3) is 0.310. The van der Waals surface area contributed by atoms with Crippen LogP contribution >= 0.6 is 12.2 Å². The van der Waals surface area contributed by atoms with Crippen LogP contribution in [0.1, 0.15) is 77.8 Å². The van der Waals surface area contributed by atoms with E-state index in [0.29, 0.717) is 37.1 Å². The van der Waals surface area contributed by atoms with Gasteiger partial charge in [-0.15, -0.1) is 9.97 Å². The molecule has 2 aromatic carbocycles. The molecule has 0 bridgehead atoms. The van der Waals surface area contributed by atoms with Crippen molar-refractivity contribution in [2.75, 3.05) is 34.9 Å². The fourth-order valence-corrected chi connectivity index (χ4v) is 7.34. The lowest BCUT2D eigenvalue weighted by molar-refractivity contribution is -0.137.